The number of nitrogens with two attached hydrogens (primary N) is 1. The van der Waals surface area contributed by atoms with Crippen LogP contribution in [0.3, 0.4) is 0 Å². The van der Waals surface area contributed by atoms with Crippen LogP contribution in [0.25, 0.3) is 0 Å². The van der Waals surface area contributed by atoms with Crippen molar-refractivity contribution >= 4 is 5.69 Å². The van der Waals surface area contributed by atoms with E-state index in [-0.39, 0.29) is 11.6 Å². The molecule has 0 amide bonds. The summed E-state index contributed by atoms with van der Waals surface area (Å²) < 4.78 is 26.2. The van der Waals surface area contributed by atoms with E-state index < -0.39 is 0 Å². The van der Waals surface area contributed by atoms with Crippen molar-refractivity contribution < 1.29 is 8.78 Å². The molecule has 4 heteroatoms. The summed E-state index contributed by atoms with van der Waals surface area (Å²) in [6.07, 6.45) is 0.626. The van der Waals surface area contributed by atoms with Crippen LogP contribution in [-0.4, -0.2) is 13.6 Å². The molecule has 0 aliphatic rings. The van der Waals surface area contributed by atoms with Crippen LogP contribution in [0.4, 0.5) is 14.5 Å². The van der Waals surface area contributed by atoms with Gasteiger partial charge in [0.15, 0.2) is 0 Å². The third-order valence-corrected chi connectivity index (χ3v) is 3.20. The SMILES string of the molecule is CN(Cc1ccc(F)cc1)c1ccc(F)cc1CCN. The summed E-state index contributed by atoms with van der Waals surface area (Å²) in [6.45, 7) is 1.10. The van der Waals surface area contributed by atoms with Crippen LogP contribution < -0.4 is 10.6 Å². The molecule has 0 saturated heterocycles. The molecule has 0 aromatic heterocycles. The van der Waals surface area contributed by atoms with Crippen molar-refractivity contribution in [3.63, 3.8) is 0 Å². The van der Waals surface area contributed by atoms with Gasteiger partial charge in [-0.3, -0.25) is 0 Å². The summed E-state index contributed by atoms with van der Waals surface area (Å²) >= 11 is 0. The number of rotatable bonds is 5. The van der Waals surface area contributed by atoms with Crippen LogP contribution in [-0.2, 0) is 13.0 Å². The molecule has 0 aliphatic carbocycles. The highest BCUT2D eigenvalue weighted by atomic mass is 19.1. The second-order valence-electron chi connectivity index (χ2n) is 4.79. The molecular formula is C16H18F2N2. The van der Waals surface area contributed by atoms with Gasteiger partial charge in [0.1, 0.15) is 11.6 Å². The van der Waals surface area contributed by atoms with Crippen molar-refractivity contribution in [2.24, 2.45) is 5.73 Å². The Morgan fingerprint density at radius 3 is 2.30 bits per heavy atom. The predicted octanol–water partition coefficient (Wildman–Crippen LogP) is 3.10. The zero-order valence-corrected chi connectivity index (χ0v) is 11.4. The highest BCUT2D eigenvalue weighted by molar-refractivity contribution is 5.53. The smallest absolute Gasteiger partial charge is 0.123 e. The van der Waals surface area contributed by atoms with Gasteiger partial charge < -0.3 is 10.6 Å². The molecule has 0 fully saturated rings. The van der Waals surface area contributed by atoms with E-state index in [0.29, 0.717) is 19.5 Å². The van der Waals surface area contributed by atoms with Gasteiger partial charge in [0.2, 0.25) is 0 Å². The van der Waals surface area contributed by atoms with E-state index >= 15 is 0 Å². The average Bonchev–Trinajstić information content (AvgIpc) is 2.42. The summed E-state index contributed by atoms with van der Waals surface area (Å²) in [5.41, 5.74) is 8.40. The van der Waals surface area contributed by atoms with Crippen molar-refractivity contribution in [3.8, 4) is 0 Å². The van der Waals surface area contributed by atoms with Crippen LogP contribution in [0, 0.1) is 11.6 Å². The predicted molar refractivity (Wildman–Crippen MR) is 77.7 cm³/mol. The first-order valence-corrected chi connectivity index (χ1v) is 6.54. The first-order chi connectivity index (χ1) is 9.60. The Bertz CT molecular complexity index is 567. The Hall–Kier alpha value is -1.94. The molecule has 2 N–H and O–H groups in total. The Balaban J connectivity index is 2.19. The quantitative estimate of drug-likeness (QED) is 0.909. The lowest BCUT2D eigenvalue weighted by molar-refractivity contribution is 0.624. The average molecular weight is 276 g/mol. The van der Waals surface area contributed by atoms with Crippen LogP contribution in [0.5, 0.6) is 0 Å². The molecule has 2 nitrogen and oxygen atoms in total. The lowest BCUT2D eigenvalue weighted by atomic mass is 10.1. The fourth-order valence-electron chi connectivity index (χ4n) is 2.23. The van der Waals surface area contributed by atoms with Gasteiger partial charge in [-0.1, -0.05) is 12.1 Å². The second kappa shape index (κ2) is 6.48. The topological polar surface area (TPSA) is 29.3 Å². The van der Waals surface area contributed by atoms with Crippen LogP contribution in [0.15, 0.2) is 42.5 Å². The van der Waals surface area contributed by atoms with E-state index in [9.17, 15) is 8.78 Å². The largest absolute Gasteiger partial charge is 0.370 e. The maximum atomic E-state index is 13.3. The first-order valence-electron chi connectivity index (χ1n) is 6.54. The molecule has 106 valence electrons. The molecule has 20 heavy (non-hydrogen) atoms. The molecule has 0 aliphatic heterocycles. The van der Waals surface area contributed by atoms with Crippen molar-refractivity contribution in [1.29, 1.82) is 0 Å². The Labute approximate surface area is 117 Å². The monoisotopic (exact) mass is 276 g/mol. The molecule has 0 saturated carbocycles. The minimum Gasteiger partial charge on any atom is -0.370 e. The van der Waals surface area contributed by atoms with Crippen molar-refractivity contribution in [3.05, 3.63) is 65.2 Å². The Morgan fingerprint density at radius 1 is 1.00 bits per heavy atom. The summed E-state index contributed by atoms with van der Waals surface area (Å²) in [6, 6.07) is 11.1. The molecule has 0 bridgehead atoms. The summed E-state index contributed by atoms with van der Waals surface area (Å²) in [5.74, 6) is -0.505. The molecule has 0 atom stereocenters. The lowest BCUT2D eigenvalue weighted by Crippen LogP contribution is -2.19. The van der Waals surface area contributed by atoms with Gasteiger partial charge in [-0.2, -0.15) is 0 Å². The number of nitrogens with zero attached hydrogens (tertiary/aromatic N) is 1. The fraction of sp³-hybridized carbons (Fsp3) is 0.250. The molecule has 2 aromatic carbocycles. The lowest BCUT2D eigenvalue weighted by Gasteiger charge is -2.22. The number of halogens is 2. The highest BCUT2D eigenvalue weighted by Gasteiger charge is 2.09. The van der Waals surface area contributed by atoms with Gasteiger partial charge in [-0.15, -0.1) is 0 Å². The number of anilines is 1. The summed E-state index contributed by atoms with van der Waals surface area (Å²) in [5, 5.41) is 0. The van der Waals surface area contributed by atoms with Gasteiger partial charge in [-0.05, 0) is 54.4 Å². The maximum absolute atomic E-state index is 13.3. The van der Waals surface area contributed by atoms with E-state index in [2.05, 4.69) is 0 Å². The van der Waals surface area contributed by atoms with E-state index in [1.165, 1.54) is 24.3 Å². The summed E-state index contributed by atoms with van der Waals surface area (Å²) in [7, 11) is 1.93. The zero-order chi connectivity index (χ0) is 14.5. The molecule has 0 radical (unpaired) electrons. The highest BCUT2D eigenvalue weighted by Crippen LogP contribution is 2.22. The van der Waals surface area contributed by atoms with Crippen molar-refractivity contribution in [2.45, 2.75) is 13.0 Å². The van der Waals surface area contributed by atoms with Crippen LogP contribution in [0.1, 0.15) is 11.1 Å². The second-order valence-corrected chi connectivity index (χ2v) is 4.79. The van der Waals surface area contributed by atoms with E-state index in [1.54, 1.807) is 18.2 Å². The van der Waals surface area contributed by atoms with Gasteiger partial charge in [0.05, 0.1) is 0 Å². The third-order valence-electron chi connectivity index (χ3n) is 3.20. The van der Waals surface area contributed by atoms with Gasteiger partial charge >= 0.3 is 0 Å². The Morgan fingerprint density at radius 2 is 1.65 bits per heavy atom. The van der Waals surface area contributed by atoms with Crippen LogP contribution in [0.2, 0.25) is 0 Å². The molecular weight excluding hydrogens is 258 g/mol. The Kier molecular flexibility index (Phi) is 4.69. The number of benzene rings is 2. The molecule has 2 rings (SSSR count). The minimum atomic E-state index is -0.257. The van der Waals surface area contributed by atoms with Crippen molar-refractivity contribution in [2.75, 3.05) is 18.5 Å². The van der Waals surface area contributed by atoms with E-state index in [4.69, 9.17) is 5.73 Å². The zero-order valence-electron chi connectivity index (χ0n) is 11.4. The number of hydrogen-bond donors (Lipinski definition) is 1. The van der Waals surface area contributed by atoms with E-state index in [0.717, 1.165) is 16.8 Å². The minimum absolute atomic E-state index is 0.248. The normalized spacial score (nSPS) is 10.6. The van der Waals surface area contributed by atoms with Crippen molar-refractivity contribution in [1.82, 2.24) is 0 Å². The standard InChI is InChI=1S/C16H18F2N2/c1-20(11-12-2-4-14(17)5-3-12)16-7-6-15(18)10-13(16)8-9-19/h2-7,10H,8-9,11,19H2,1H3. The van der Waals surface area contributed by atoms with Gasteiger partial charge in [-0.25, -0.2) is 8.78 Å². The summed E-state index contributed by atoms with van der Waals surface area (Å²) in [4.78, 5) is 2.01. The fourth-order valence-corrected chi connectivity index (χ4v) is 2.23. The van der Waals surface area contributed by atoms with E-state index in [1.807, 2.05) is 11.9 Å². The molecule has 0 unspecified atom stereocenters. The maximum Gasteiger partial charge on any atom is 0.123 e. The first kappa shape index (κ1) is 14.5. The van der Waals surface area contributed by atoms with Gasteiger partial charge in [0.25, 0.3) is 0 Å². The molecule has 0 spiro atoms. The third kappa shape index (κ3) is 3.54. The molecule has 2 aromatic rings. The number of hydrogen-bond acceptors (Lipinski definition) is 2. The van der Waals surface area contributed by atoms with Crippen LogP contribution >= 0.6 is 0 Å². The van der Waals surface area contributed by atoms with Gasteiger partial charge in [0, 0.05) is 19.3 Å². The molecule has 0 heterocycles.